The van der Waals surface area contributed by atoms with Crippen LogP contribution in [0.2, 0.25) is 0 Å². The summed E-state index contributed by atoms with van der Waals surface area (Å²) >= 11 is 0. The van der Waals surface area contributed by atoms with Crippen LogP contribution in [0.4, 0.5) is 0 Å². The monoisotopic (exact) mass is 390 g/mol. The van der Waals surface area contributed by atoms with Gasteiger partial charge < -0.3 is 9.47 Å². The van der Waals surface area contributed by atoms with Gasteiger partial charge in [0.1, 0.15) is 6.10 Å². The van der Waals surface area contributed by atoms with Gasteiger partial charge in [-0.2, -0.15) is 0 Å². The quantitative estimate of drug-likeness (QED) is 0.665. The molecule has 28 heavy (non-hydrogen) atoms. The maximum atomic E-state index is 13.7. The van der Waals surface area contributed by atoms with Gasteiger partial charge in [0.25, 0.3) is 0 Å². The Labute approximate surface area is 167 Å². The topological polar surface area (TPSA) is 69.7 Å². The van der Waals surface area contributed by atoms with Crippen LogP contribution in [0.5, 0.6) is 0 Å². The van der Waals surface area contributed by atoms with Crippen LogP contribution in [0.3, 0.4) is 0 Å². The SMILES string of the molecule is CC(=O)OC1C(=O)[C@H]2CCCC(OC(C)=O)[C@]2(C)[C@H]2CC[C@]3(C)CCC[C@H]3[C@H]12. The lowest BCUT2D eigenvalue weighted by molar-refractivity contribution is -0.212. The van der Waals surface area contributed by atoms with Crippen molar-refractivity contribution in [2.75, 3.05) is 0 Å². The second-order valence-corrected chi connectivity index (χ2v) is 10.3. The Morgan fingerprint density at radius 1 is 0.893 bits per heavy atom. The summed E-state index contributed by atoms with van der Waals surface area (Å²) in [5, 5.41) is 0. The van der Waals surface area contributed by atoms with E-state index in [2.05, 4.69) is 13.8 Å². The van der Waals surface area contributed by atoms with Crippen molar-refractivity contribution in [3.63, 3.8) is 0 Å². The smallest absolute Gasteiger partial charge is 0.303 e. The summed E-state index contributed by atoms with van der Waals surface area (Å²) in [6.07, 6.45) is 7.29. The second kappa shape index (κ2) is 6.84. The third-order valence-electron chi connectivity index (χ3n) is 8.89. The Balaban J connectivity index is 1.79. The zero-order valence-electron chi connectivity index (χ0n) is 17.7. The Kier molecular flexibility index (Phi) is 4.86. The number of ketones is 1. The predicted octanol–water partition coefficient (Wildman–Crippen LogP) is 4.07. The standard InChI is InChI=1S/C23H34O5/c1-13(24)27-18-9-5-7-17-20(26)21(28-14(2)25)19-15-8-6-11-22(15,3)12-10-16(19)23(17,18)4/h15-19,21H,5-12H2,1-4H3/t15-,16-,17+,18?,19-,21?,22-,23+/m0/s1. The van der Waals surface area contributed by atoms with Gasteiger partial charge >= 0.3 is 11.9 Å². The first-order chi connectivity index (χ1) is 13.2. The number of hydrogen-bond donors (Lipinski definition) is 0. The van der Waals surface area contributed by atoms with Crippen molar-refractivity contribution in [1.29, 1.82) is 0 Å². The lowest BCUT2D eigenvalue weighted by Gasteiger charge is -2.62. The van der Waals surface area contributed by atoms with Crippen molar-refractivity contribution < 1.29 is 23.9 Å². The fourth-order valence-corrected chi connectivity index (χ4v) is 7.72. The Bertz CT molecular complexity index is 686. The van der Waals surface area contributed by atoms with Gasteiger partial charge in [-0.25, -0.2) is 0 Å². The molecule has 0 aromatic carbocycles. The molecule has 4 aliphatic rings. The molecule has 2 unspecified atom stereocenters. The highest BCUT2D eigenvalue weighted by atomic mass is 16.6. The van der Waals surface area contributed by atoms with Crippen LogP contribution < -0.4 is 0 Å². The van der Waals surface area contributed by atoms with E-state index in [9.17, 15) is 14.4 Å². The molecule has 156 valence electrons. The summed E-state index contributed by atoms with van der Waals surface area (Å²) in [6, 6.07) is 0. The van der Waals surface area contributed by atoms with Crippen molar-refractivity contribution in [2.24, 2.45) is 34.5 Å². The normalized spacial score (nSPS) is 47.5. The van der Waals surface area contributed by atoms with E-state index in [0.717, 1.165) is 38.5 Å². The van der Waals surface area contributed by atoms with E-state index in [1.54, 1.807) is 0 Å². The fraction of sp³-hybridized carbons (Fsp3) is 0.870. The molecular formula is C23H34O5. The largest absolute Gasteiger partial charge is 0.462 e. The van der Waals surface area contributed by atoms with E-state index < -0.39 is 6.10 Å². The van der Waals surface area contributed by atoms with Crippen molar-refractivity contribution in [2.45, 2.75) is 91.3 Å². The number of carbonyl (C=O) groups is 3. The molecule has 0 heterocycles. The van der Waals surface area contributed by atoms with E-state index >= 15 is 0 Å². The molecular weight excluding hydrogens is 356 g/mol. The molecule has 4 rings (SSSR count). The molecule has 0 amide bonds. The molecule has 0 bridgehead atoms. The summed E-state index contributed by atoms with van der Waals surface area (Å²) in [6.45, 7) is 7.41. The number of hydrogen-bond acceptors (Lipinski definition) is 5. The molecule has 5 nitrogen and oxygen atoms in total. The molecule has 8 atom stereocenters. The first-order valence-electron chi connectivity index (χ1n) is 11.1. The van der Waals surface area contributed by atoms with Crippen molar-refractivity contribution in [1.82, 2.24) is 0 Å². The van der Waals surface area contributed by atoms with Gasteiger partial charge in [-0.3, -0.25) is 14.4 Å². The van der Waals surface area contributed by atoms with Gasteiger partial charge in [-0.15, -0.1) is 0 Å². The van der Waals surface area contributed by atoms with Crippen LogP contribution in [0, 0.1) is 34.5 Å². The van der Waals surface area contributed by atoms with E-state index in [1.807, 2.05) is 0 Å². The molecule has 0 saturated heterocycles. The molecule has 4 saturated carbocycles. The Morgan fingerprint density at radius 3 is 2.29 bits per heavy atom. The van der Waals surface area contributed by atoms with Gasteiger partial charge in [0.15, 0.2) is 11.9 Å². The Morgan fingerprint density at radius 2 is 1.61 bits per heavy atom. The summed E-state index contributed by atoms with van der Waals surface area (Å²) in [5.41, 5.74) is -0.124. The van der Waals surface area contributed by atoms with Crippen molar-refractivity contribution in [3.8, 4) is 0 Å². The van der Waals surface area contributed by atoms with Gasteiger partial charge in [-0.05, 0) is 62.2 Å². The molecule has 5 heteroatoms. The summed E-state index contributed by atoms with van der Waals surface area (Å²) in [7, 11) is 0. The average molecular weight is 391 g/mol. The van der Waals surface area contributed by atoms with Gasteiger partial charge in [0.05, 0.1) is 0 Å². The molecule has 0 aromatic rings. The molecule has 0 aliphatic heterocycles. The fourth-order valence-electron chi connectivity index (χ4n) is 7.72. The number of Topliss-reactive ketones (excluding diaryl/α,β-unsaturated/α-hetero) is 1. The minimum absolute atomic E-state index is 0.0510. The number of esters is 2. The van der Waals surface area contributed by atoms with Crippen molar-refractivity contribution in [3.05, 3.63) is 0 Å². The predicted molar refractivity (Wildman–Crippen MR) is 103 cm³/mol. The lowest BCUT2D eigenvalue weighted by atomic mass is 9.43. The van der Waals surface area contributed by atoms with Crippen LogP contribution in [-0.4, -0.2) is 29.9 Å². The summed E-state index contributed by atoms with van der Waals surface area (Å²) in [4.78, 5) is 37.4. The molecule has 0 spiro atoms. The minimum Gasteiger partial charge on any atom is -0.462 e. The maximum absolute atomic E-state index is 13.7. The van der Waals surface area contributed by atoms with E-state index in [1.165, 1.54) is 26.7 Å². The molecule has 0 N–H and O–H groups in total. The first kappa shape index (κ1) is 19.9. The average Bonchev–Trinajstić information content (AvgIpc) is 3.00. The first-order valence-corrected chi connectivity index (χ1v) is 11.1. The third-order valence-corrected chi connectivity index (χ3v) is 8.89. The highest BCUT2D eigenvalue weighted by molar-refractivity contribution is 5.89. The zero-order chi connectivity index (χ0) is 20.3. The van der Waals surface area contributed by atoms with Crippen molar-refractivity contribution >= 4 is 17.7 Å². The summed E-state index contributed by atoms with van der Waals surface area (Å²) in [5.74, 6) is -0.0422. The number of rotatable bonds is 2. The molecule has 0 radical (unpaired) electrons. The van der Waals surface area contributed by atoms with Gasteiger partial charge in [-0.1, -0.05) is 20.3 Å². The van der Waals surface area contributed by atoms with Crippen LogP contribution >= 0.6 is 0 Å². The summed E-state index contributed by atoms with van der Waals surface area (Å²) < 4.78 is 11.6. The number of ether oxygens (including phenoxy) is 2. The highest BCUT2D eigenvalue weighted by Gasteiger charge is 2.67. The number of fused-ring (bicyclic) bond motifs is 5. The molecule has 0 aromatic heterocycles. The van der Waals surface area contributed by atoms with Gasteiger partial charge in [0, 0.05) is 31.1 Å². The molecule has 4 fully saturated rings. The maximum Gasteiger partial charge on any atom is 0.303 e. The van der Waals surface area contributed by atoms with E-state index in [4.69, 9.17) is 9.47 Å². The van der Waals surface area contributed by atoms with Crippen LogP contribution in [-0.2, 0) is 23.9 Å². The van der Waals surface area contributed by atoms with E-state index in [-0.39, 0.29) is 52.4 Å². The van der Waals surface area contributed by atoms with Crippen LogP contribution in [0.1, 0.15) is 79.1 Å². The lowest BCUT2D eigenvalue weighted by Crippen LogP contribution is -2.66. The van der Waals surface area contributed by atoms with Gasteiger partial charge in [0.2, 0.25) is 0 Å². The third kappa shape index (κ3) is 2.83. The molecule has 4 aliphatic carbocycles. The van der Waals surface area contributed by atoms with E-state index in [0.29, 0.717) is 5.92 Å². The number of carbonyl (C=O) groups excluding carboxylic acids is 3. The zero-order valence-corrected chi connectivity index (χ0v) is 17.7. The second-order valence-electron chi connectivity index (χ2n) is 10.3. The minimum atomic E-state index is -0.626. The Hall–Kier alpha value is -1.39. The van der Waals surface area contributed by atoms with Crippen LogP contribution in [0.25, 0.3) is 0 Å². The highest BCUT2D eigenvalue weighted by Crippen LogP contribution is 2.66. The van der Waals surface area contributed by atoms with Crippen LogP contribution in [0.15, 0.2) is 0 Å².